The van der Waals surface area contributed by atoms with Crippen LogP contribution in [0.3, 0.4) is 0 Å². The van der Waals surface area contributed by atoms with Crippen molar-refractivity contribution >= 4 is 18.3 Å². The molecule has 0 unspecified atom stereocenters. The Balaban J connectivity index is 0.00000132. The van der Waals surface area contributed by atoms with Crippen LogP contribution in [0.4, 0.5) is 0 Å². The van der Waals surface area contributed by atoms with Gasteiger partial charge in [0.25, 0.3) is 5.91 Å². The maximum absolute atomic E-state index is 12.3. The second-order valence-corrected chi connectivity index (χ2v) is 5.61. The summed E-state index contributed by atoms with van der Waals surface area (Å²) in [7, 11) is 0. The van der Waals surface area contributed by atoms with Gasteiger partial charge in [0.15, 0.2) is 5.76 Å². The van der Waals surface area contributed by atoms with Crippen molar-refractivity contribution in [3.63, 3.8) is 0 Å². The number of nitrogens with one attached hydrogen (secondary N) is 1. The molecule has 0 bridgehead atoms. The number of nitrogens with zero attached hydrogens (tertiary/aromatic N) is 2. The molecule has 0 saturated heterocycles. The summed E-state index contributed by atoms with van der Waals surface area (Å²) in [5.41, 5.74) is 3.80. The second kappa shape index (κ2) is 5.56. The highest BCUT2D eigenvalue weighted by Gasteiger charge is 2.31. The number of amides is 1. The van der Waals surface area contributed by atoms with Gasteiger partial charge in [0.05, 0.1) is 12.0 Å². The third-order valence-electron chi connectivity index (χ3n) is 4.23. The molecule has 0 atom stereocenters. The molecule has 3 heterocycles. The fourth-order valence-corrected chi connectivity index (χ4v) is 2.96. The van der Waals surface area contributed by atoms with Crippen molar-refractivity contribution in [3.05, 3.63) is 41.1 Å². The fraction of sp³-hybridized carbons (Fsp3) is 0.467. The largest absolute Gasteiger partial charge is 0.459 e. The zero-order chi connectivity index (χ0) is 13.5. The minimum absolute atomic E-state index is 0. The molecule has 1 saturated carbocycles. The molecule has 1 aliphatic carbocycles. The molecule has 1 amide bonds. The highest BCUT2D eigenvalue weighted by molar-refractivity contribution is 5.91. The first-order valence-corrected chi connectivity index (χ1v) is 7.21. The molecule has 1 aliphatic heterocycles. The van der Waals surface area contributed by atoms with Gasteiger partial charge in [-0.3, -0.25) is 9.89 Å². The first-order chi connectivity index (χ1) is 9.83. The molecule has 2 aliphatic rings. The van der Waals surface area contributed by atoms with Gasteiger partial charge >= 0.3 is 0 Å². The third kappa shape index (κ3) is 2.58. The fourth-order valence-electron chi connectivity index (χ4n) is 2.96. The Labute approximate surface area is 129 Å². The number of H-pyrrole nitrogens is 1. The lowest BCUT2D eigenvalue weighted by Crippen LogP contribution is -2.33. The number of hydrogen-bond donors (Lipinski definition) is 1. The Hall–Kier alpha value is -1.75. The molecule has 2 aromatic heterocycles. The van der Waals surface area contributed by atoms with E-state index in [0.29, 0.717) is 11.7 Å². The van der Waals surface area contributed by atoms with Gasteiger partial charge in [0.1, 0.15) is 0 Å². The lowest BCUT2D eigenvalue weighted by molar-refractivity contribution is 0.0730. The monoisotopic (exact) mass is 307 g/mol. The number of aromatic amines is 1. The van der Waals surface area contributed by atoms with Gasteiger partial charge in [0.2, 0.25) is 0 Å². The number of halogens is 1. The van der Waals surface area contributed by atoms with Crippen LogP contribution in [-0.4, -0.2) is 34.1 Å². The standard InChI is InChI=1S/C15H17N3O2.ClH/c19-15(13-2-1-9-20-13)18-7-5-11-12(6-8-18)16-17-14(11)10-3-4-10;/h1-2,9-10H,3-8H2,(H,16,17);1H. The molecule has 21 heavy (non-hydrogen) atoms. The number of fused-ring (bicyclic) bond motifs is 1. The van der Waals surface area contributed by atoms with E-state index in [-0.39, 0.29) is 18.3 Å². The van der Waals surface area contributed by atoms with Crippen LogP contribution in [-0.2, 0) is 12.8 Å². The Kier molecular flexibility index (Phi) is 3.76. The molecular weight excluding hydrogens is 290 g/mol. The summed E-state index contributed by atoms with van der Waals surface area (Å²) >= 11 is 0. The van der Waals surface area contributed by atoms with Crippen molar-refractivity contribution in [1.82, 2.24) is 15.1 Å². The number of rotatable bonds is 2. The van der Waals surface area contributed by atoms with Gasteiger partial charge in [-0.1, -0.05) is 0 Å². The van der Waals surface area contributed by atoms with Crippen LogP contribution in [0.15, 0.2) is 22.8 Å². The van der Waals surface area contributed by atoms with Gasteiger partial charge in [0, 0.05) is 31.1 Å². The summed E-state index contributed by atoms with van der Waals surface area (Å²) < 4.78 is 5.21. The van der Waals surface area contributed by atoms with Crippen LogP contribution >= 0.6 is 12.4 Å². The van der Waals surface area contributed by atoms with Gasteiger partial charge in [-0.05, 0) is 37.0 Å². The first kappa shape index (κ1) is 14.2. The quantitative estimate of drug-likeness (QED) is 0.927. The summed E-state index contributed by atoms with van der Waals surface area (Å²) in [5.74, 6) is 1.07. The third-order valence-corrected chi connectivity index (χ3v) is 4.23. The zero-order valence-corrected chi connectivity index (χ0v) is 12.5. The maximum atomic E-state index is 12.3. The summed E-state index contributed by atoms with van der Waals surface area (Å²) in [4.78, 5) is 14.2. The lowest BCUT2D eigenvalue weighted by atomic mass is 10.1. The van der Waals surface area contributed by atoms with E-state index in [2.05, 4.69) is 10.2 Å². The van der Waals surface area contributed by atoms with Crippen LogP contribution in [0.2, 0.25) is 0 Å². The van der Waals surface area contributed by atoms with Crippen molar-refractivity contribution in [2.24, 2.45) is 0 Å². The SMILES string of the molecule is Cl.O=C(c1ccco1)N1CCc2[nH]nc(C3CC3)c2CC1. The molecule has 1 N–H and O–H groups in total. The van der Waals surface area contributed by atoms with E-state index in [4.69, 9.17) is 4.42 Å². The minimum Gasteiger partial charge on any atom is -0.459 e. The number of aromatic nitrogens is 2. The van der Waals surface area contributed by atoms with Crippen LogP contribution in [0.1, 0.15) is 46.3 Å². The Morgan fingerprint density at radius 3 is 2.86 bits per heavy atom. The normalized spacial score (nSPS) is 17.8. The number of hydrogen-bond acceptors (Lipinski definition) is 3. The minimum atomic E-state index is -0.0129. The average molecular weight is 308 g/mol. The molecule has 112 valence electrons. The summed E-state index contributed by atoms with van der Waals surface area (Å²) in [6.07, 6.45) is 5.80. The van der Waals surface area contributed by atoms with Crippen LogP contribution in [0, 0.1) is 0 Å². The summed E-state index contributed by atoms with van der Waals surface area (Å²) in [6, 6.07) is 3.48. The predicted octanol–water partition coefficient (Wildman–Crippen LogP) is 2.54. The van der Waals surface area contributed by atoms with E-state index in [1.807, 2.05) is 4.90 Å². The van der Waals surface area contributed by atoms with Crippen molar-refractivity contribution in [2.75, 3.05) is 13.1 Å². The maximum Gasteiger partial charge on any atom is 0.289 e. The highest BCUT2D eigenvalue weighted by Crippen LogP contribution is 2.41. The molecule has 0 radical (unpaired) electrons. The van der Waals surface area contributed by atoms with Crippen molar-refractivity contribution in [2.45, 2.75) is 31.6 Å². The molecule has 4 rings (SSSR count). The average Bonchev–Trinajstić information content (AvgIpc) is 3.07. The van der Waals surface area contributed by atoms with Crippen LogP contribution in [0.5, 0.6) is 0 Å². The van der Waals surface area contributed by atoms with Gasteiger partial charge < -0.3 is 9.32 Å². The van der Waals surface area contributed by atoms with Crippen molar-refractivity contribution < 1.29 is 9.21 Å². The molecule has 6 heteroatoms. The topological polar surface area (TPSA) is 62.1 Å². The number of carbonyl (C=O) groups excluding carboxylic acids is 1. The Morgan fingerprint density at radius 1 is 1.33 bits per heavy atom. The lowest BCUT2D eigenvalue weighted by Gasteiger charge is -2.18. The van der Waals surface area contributed by atoms with Gasteiger partial charge in [-0.15, -0.1) is 12.4 Å². The summed E-state index contributed by atoms with van der Waals surface area (Å²) in [6.45, 7) is 1.46. The van der Waals surface area contributed by atoms with E-state index < -0.39 is 0 Å². The van der Waals surface area contributed by atoms with E-state index in [1.165, 1.54) is 29.8 Å². The molecular formula is C15H18ClN3O2. The van der Waals surface area contributed by atoms with E-state index in [1.54, 1.807) is 18.4 Å². The zero-order valence-electron chi connectivity index (χ0n) is 11.7. The van der Waals surface area contributed by atoms with E-state index in [9.17, 15) is 4.79 Å². The first-order valence-electron chi connectivity index (χ1n) is 7.21. The molecule has 0 aromatic carbocycles. The molecule has 1 fully saturated rings. The Morgan fingerprint density at radius 2 is 2.14 bits per heavy atom. The predicted molar refractivity (Wildman–Crippen MR) is 79.8 cm³/mol. The van der Waals surface area contributed by atoms with Crippen molar-refractivity contribution in [3.8, 4) is 0 Å². The van der Waals surface area contributed by atoms with E-state index in [0.717, 1.165) is 25.9 Å². The number of carbonyl (C=O) groups is 1. The van der Waals surface area contributed by atoms with Gasteiger partial charge in [-0.2, -0.15) is 5.10 Å². The smallest absolute Gasteiger partial charge is 0.289 e. The van der Waals surface area contributed by atoms with E-state index >= 15 is 0 Å². The second-order valence-electron chi connectivity index (χ2n) is 5.61. The molecule has 0 spiro atoms. The van der Waals surface area contributed by atoms with Crippen LogP contribution in [0.25, 0.3) is 0 Å². The van der Waals surface area contributed by atoms with Gasteiger partial charge in [-0.25, -0.2) is 0 Å². The highest BCUT2D eigenvalue weighted by atomic mass is 35.5. The Bertz CT molecular complexity index is 631. The molecule has 2 aromatic rings. The molecule has 5 nitrogen and oxygen atoms in total. The number of furan rings is 1. The van der Waals surface area contributed by atoms with Crippen molar-refractivity contribution in [1.29, 1.82) is 0 Å². The summed E-state index contributed by atoms with van der Waals surface area (Å²) in [5, 5.41) is 7.64. The van der Waals surface area contributed by atoms with Crippen LogP contribution < -0.4 is 0 Å².